The number of thiophene rings is 1. The Labute approximate surface area is 155 Å². The van der Waals surface area contributed by atoms with Gasteiger partial charge >= 0.3 is 5.97 Å². The van der Waals surface area contributed by atoms with Gasteiger partial charge in [0.15, 0.2) is 6.61 Å². The van der Waals surface area contributed by atoms with Gasteiger partial charge in [-0.1, -0.05) is 25.7 Å². The number of rotatable bonds is 4. The van der Waals surface area contributed by atoms with Crippen molar-refractivity contribution in [1.29, 1.82) is 0 Å². The second kappa shape index (κ2) is 7.99. The maximum atomic E-state index is 12.4. The highest BCUT2D eigenvalue weighted by Crippen LogP contribution is 2.27. The molecule has 1 aliphatic carbocycles. The van der Waals surface area contributed by atoms with Crippen molar-refractivity contribution in [1.82, 2.24) is 14.9 Å². The number of amides is 1. The van der Waals surface area contributed by atoms with E-state index in [4.69, 9.17) is 4.74 Å². The van der Waals surface area contributed by atoms with Crippen LogP contribution in [0.1, 0.15) is 53.8 Å². The number of fused-ring (bicyclic) bond motifs is 1. The predicted octanol–water partition coefficient (Wildman–Crippen LogP) is 2.30. The van der Waals surface area contributed by atoms with Gasteiger partial charge in [0.25, 0.3) is 11.5 Å². The first-order chi connectivity index (χ1) is 12.5. The number of aryl methyl sites for hydroxylation is 2. The molecule has 0 saturated heterocycles. The minimum Gasteiger partial charge on any atom is -0.451 e. The lowest BCUT2D eigenvalue weighted by molar-refractivity contribution is -0.125. The van der Waals surface area contributed by atoms with Crippen LogP contribution in [0.4, 0.5) is 0 Å². The molecule has 0 bridgehead atoms. The molecule has 2 aromatic rings. The number of nitrogens with one attached hydrogen (secondary N) is 1. The summed E-state index contributed by atoms with van der Waals surface area (Å²) in [6.45, 7) is 1.39. The zero-order valence-electron chi connectivity index (χ0n) is 15.0. The van der Waals surface area contributed by atoms with Crippen molar-refractivity contribution in [2.75, 3.05) is 6.61 Å². The van der Waals surface area contributed by atoms with Gasteiger partial charge in [-0.3, -0.25) is 9.59 Å². The van der Waals surface area contributed by atoms with E-state index in [1.54, 1.807) is 14.0 Å². The normalized spacial score (nSPS) is 15.6. The van der Waals surface area contributed by atoms with E-state index in [2.05, 4.69) is 10.3 Å². The molecule has 1 fully saturated rings. The molecule has 0 spiro atoms. The Kier molecular flexibility index (Phi) is 5.70. The van der Waals surface area contributed by atoms with E-state index in [0.29, 0.717) is 20.7 Å². The minimum absolute atomic E-state index is 0.169. The minimum atomic E-state index is -0.594. The van der Waals surface area contributed by atoms with Gasteiger partial charge < -0.3 is 14.6 Å². The van der Waals surface area contributed by atoms with Crippen molar-refractivity contribution in [2.45, 2.75) is 51.5 Å². The van der Waals surface area contributed by atoms with E-state index in [9.17, 15) is 14.4 Å². The van der Waals surface area contributed by atoms with Gasteiger partial charge in [0.1, 0.15) is 9.71 Å². The van der Waals surface area contributed by atoms with Crippen LogP contribution in [0.3, 0.4) is 0 Å². The summed E-state index contributed by atoms with van der Waals surface area (Å²) in [6.07, 6.45) is 8.03. The molecule has 0 radical (unpaired) electrons. The number of hydrogen-bond acceptors (Lipinski definition) is 6. The molecule has 2 aromatic heterocycles. The first kappa shape index (κ1) is 18.6. The topological polar surface area (TPSA) is 90.3 Å². The molecule has 0 unspecified atom stereocenters. The van der Waals surface area contributed by atoms with Gasteiger partial charge in [0.2, 0.25) is 0 Å². The fraction of sp³-hybridized carbons (Fsp3) is 0.556. The van der Waals surface area contributed by atoms with Crippen LogP contribution >= 0.6 is 11.3 Å². The van der Waals surface area contributed by atoms with Crippen LogP contribution in [0.15, 0.2) is 11.1 Å². The highest BCUT2D eigenvalue weighted by atomic mass is 32.1. The van der Waals surface area contributed by atoms with Crippen molar-refractivity contribution in [2.24, 2.45) is 7.05 Å². The quantitative estimate of drug-likeness (QED) is 0.652. The monoisotopic (exact) mass is 377 g/mol. The van der Waals surface area contributed by atoms with Crippen LogP contribution in [0.25, 0.3) is 10.2 Å². The molecule has 2 heterocycles. The molecule has 1 aliphatic rings. The Morgan fingerprint density at radius 2 is 2.00 bits per heavy atom. The summed E-state index contributed by atoms with van der Waals surface area (Å²) in [5.41, 5.74) is 0.349. The molecule has 26 heavy (non-hydrogen) atoms. The van der Waals surface area contributed by atoms with Gasteiger partial charge in [0.05, 0.1) is 11.7 Å². The summed E-state index contributed by atoms with van der Waals surface area (Å²) in [5, 5.41) is 3.37. The highest BCUT2D eigenvalue weighted by Gasteiger charge is 2.21. The molecule has 140 valence electrons. The lowest BCUT2D eigenvalue weighted by Gasteiger charge is -2.16. The van der Waals surface area contributed by atoms with Gasteiger partial charge in [-0.2, -0.15) is 0 Å². The van der Waals surface area contributed by atoms with Crippen LogP contribution in [-0.2, 0) is 16.6 Å². The van der Waals surface area contributed by atoms with E-state index in [1.807, 2.05) is 0 Å². The van der Waals surface area contributed by atoms with Crippen LogP contribution in [0, 0.1) is 6.92 Å². The molecule has 1 amide bonds. The molecule has 1 N–H and O–H groups in total. The Balaban J connectivity index is 1.64. The zero-order chi connectivity index (χ0) is 18.7. The van der Waals surface area contributed by atoms with E-state index in [0.717, 1.165) is 37.0 Å². The Morgan fingerprint density at radius 3 is 2.69 bits per heavy atom. The molecular weight excluding hydrogens is 354 g/mol. The predicted molar refractivity (Wildman–Crippen MR) is 99.5 cm³/mol. The number of nitrogens with zero attached hydrogens (tertiary/aromatic N) is 2. The standard InChI is InChI=1S/C18H23N3O4S/c1-11-14-16(19-10-21(2)17(14)23)26-15(11)18(24)25-9-13(22)20-12-7-5-3-4-6-8-12/h10,12H,3-9H2,1-2H3,(H,20,22). The lowest BCUT2D eigenvalue weighted by atomic mass is 10.1. The van der Waals surface area contributed by atoms with E-state index in [-0.39, 0.29) is 24.1 Å². The third-order valence-corrected chi connectivity index (χ3v) is 5.93. The first-order valence-corrected chi connectivity index (χ1v) is 9.70. The van der Waals surface area contributed by atoms with Crippen molar-refractivity contribution >= 4 is 33.4 Å². The maximum absolute atomic E-state index is 12.4. The van der Waals surface area contributed by atoms with E-state index in [1.165, 1.54) is 23.7 Å². The highest BCUT2D eigenvalue weighted by molar-refractivity contribution is 7.20. The molecule has 0 aliphatic heterocycles. The van der Waals surface area contributed by atoms with Gasteiger partial charge in [-0.15, -0.1) is 11.3 Å². The summed E-state index contributed by atoms with van der Waals surface area (Å²) >= 11 is 1.11. The fourth-order valence-corrected chi connectivity index (χ4v) is 4.33. The van der Waals surface area contributed by atoms with Crippen molar-refractivity contribution in [3.05, 3.63) is 27.1 Å². The average Bonchev–Trinajstić information content (AvgIpc) is 2.78. The van der Waals surface area contributed by atoms with Gasteiger partial charge in [0, 0.05) is 13.1 Å². The lowest BCUT2D eigenvalue weighted by Crippen LogP contribution is -2.37. The molecular formula is C18H23N3O4S. The number of ether oxygens (including phenoxy) is 1. The van der Waals surface area contributed by atoms with Crippen LogP contribution < -0.4 is 10.9 Å². The molecule has 1 saturated carbocycles. The number of carbonyl (C=O) groups excluding carboxylic acids is 2. The second-order valence-corrected chi connectivity index (χ2v) is 7.73. The molecule has 0 aromatic carbocycles. The number of hydrogen-bond donors (Lipinski definition) is 1. The van der Waals surface area contributed by atoms with E-state index < -0.39 is 5.97 Å². The van der Waals surface area contributed by atoms with Crippen molar-refractivity contribution in [3.8, 4) is 0 Å². The Bertz CT molecular complexity index is 878. The van der Waals surface area contributed by atoms with Crippen molar-refractivity contribution < 1.29 is 14.3 Å². The van der Waals surface area contributed by atoms with E-state index >= 15 is 0 Å². The van der Waals surface area contributed by atoms with Crippen LogP contribution in [0.5, 0.6) is 0 Å². The second-order valence-electron chi connectivity index (χ2n) is 6.73. The SMILES string of the molecule is Cc1c(C(=O)OCC(=O)NC2CCCCCC2)sc2ncn(C)c(=O)c12. The average molecular weight is 377 g/mol. The van der Waals surface area contributed by atoms with Crippen LogP contribution in [0.2, 0.25) is 0 Å². The first-order valence-electron chi connectivity index (χ1n) is 8.88. The molecule has 3 rings (SSSR count). The number of esters is 1. The Hall–Kier alpha value is -2.22. The summed E-state index contributed by atoms with van der Waals surface area (Å²) in [5.74, 6) is -0.873. The molecule has 0 atom stereocenters. The third kappa shape index (κ3) is 3.95. The molecule has 7 nitrogen and oxygen atoms in total. The zero-order valence-corrected chi connectivity index (χ0v) is 15.9. The summed E-state index contributed by atoms with van der Waals surface area (Å²) in [7, 11) is 1.61. The third-order valence-electron chi connectivity index (χ3n) is 4.75. The smallest absolute Gasteiger partial charge is 0.349 e. The number of carbonyl (C=O) groups is 2. The maximum Gasteiger partial charge on any atom is 0.349 e. The fourth-order valence-electron chi connectivity index (χ4n) is 3.29. The number of aromatic nitrogens is 2. The Morgan fingerprint density at radius 1 is 1.31 bits per heavy atom. The van der Waals surface area contributed by atoms with Crippen LogP contribution in [-0.4, -0.2) is 34.1 Å². The molecule has 8 heteroatoms. The van der Waals surface area contributed by atoms with Gasteiger partial charge in [-0.05, 0) is 25.3 Å². The van der Waals surface area contributed by atoms with Gasteiger partial charge in [-0.25, -0.2) is 9.78 Å². The summed E-state index contributed by atoms with van der Waals surface area (Å²) in [6, 6.07) is 0.169. The largest absolute Gasteiger partial charge is 0.451 e. The summed E-state index contributed by atoms with van der Waals surface area (Å²) < 4.78 is 6.54. The van der Waals surface area contributed by atoms with Crippen molar-refractivity contribution in [3.63, 3.8) is 0 Å². The summed E-state index contributed by atoms with van der Waals surface area (Å²) in [4.78, 5) is 41.6.